The molecule has 1 N–H and O–H groups in total. The number of ketones is 1. The van der Waals surface area contributed by atoms with Crippen molar-refractivity contribution in [1.82, 2.24) is 9.71 Å². The van der Waals surface area contributed by atoms with Crippen molar-refractivity contribution >= 4 is 27.5 Å². The van der Waals surface area contributed by atoms with Crippen LogP contribution in [-0.4, -0.2) is 25.2 Å². The highest BCUT2D eigenvalue weighted by molar-refractivity contribution is 7.89. The molecule has 5 rings (SSSR count). The number of Topliss-reactive ketones (excluding diaryl/α,β-unsaturated/α-hetero) is 1. The predicted octanol–water partition coefficient (Wildman–Crippen LogP) is 3.96. The molecule has 0 spiro atoms. The van der Waals surface area contributed by atoms with E-state index in [0.29, 0.717) is 24.8 Å². The van der Waals surface area contributed by atoms with Crippen LogP contribution in [0.3, 0.4) is 0 Å². The minimum Gasteiger partial charge on any atom is -0.299 e. The van der Waals surface area contributed by atoms with E-state index in [1.165, 1.54) is 29.8 Å². The van der Waals surface area contributed by atoms with Crippen LogP contribution < -0.4 is 4.72 Å². The molecule has 0 bridgehead atoms. The Bertz CT molecular complexity index is 1310. The number of allylic oxidation sites excluding steroid dienone is 2. The number of benzene rings is 1. The van der Waals surface area contributed by atoms with Crippen molar-refractivity contribution in [3.05, 3.63) is 70.6 Å². The van der Waals surface area contributed by atoms with Gasteiger partial charge in [-0.1, -0.05) is 18.2 Å². The van der Waals surface area contributed by atoms with Gasteiger partial charge in [0.05, 0.1) is 22.2 Å². The molecule has 7 heteroatoms. The Morgan fingerprint density at radius 1 is 1.18 bits per heavy atom. The Morgan fingerprint density at radius 2 is 1.97 bits per heavy atom. The van der Waals surface area contributed by atoms with Gasteiger partial charge in [-0.3, -0.25) is 9.78 Å². The number of aromatic nitrogens is 1. The first-order chi connectivity index (χ1) is 15.9. The molecule has 1 aromatic carbocycles. The van der Waals surface area contributed by atoms with Crippen molar-refractivity contribution in [2.75, 3.05) is 0 Å². The van der Waals surface area contributed by atoms with E-state index in [-0.39, 0.29) is 22.6 Å². The zero-order valence-electron chi connectivity index (χ0n) is 18.3. The van der Waals surface area contributed by atoms with Crippen LogP contribution in [0.5, 0.6) is 0 Å². The van der Waals surface area contributed by atoms with Crippen LogP contribution >= 0.6 is 0 Å². The van der Waals surface area contributed by atoms with Crippen LogP contribution in [0, 0.1) is 17.2 Å². The number of carbonyl (C=O) groups excluding carboxylic acids is 1. The number of nitrogens with one attached hydrogen (secondary N) is 1. The monoisotopic (exact) mass is 459 g/mol. The van der Waals surface area contributed by atoms with Gasteiger partial charge in [-0.25, -0.2) is 13.1 Å². The van der Waals surface area contributed by atoms with Gasteiger partial charge in [0.2, 0.25) is 10.0 Å². The van der Waals surface area contributed by atoms with Gasteiger partial charge >= 0.3 is 0 Å². The lowest BCUT2D eigenvalue weighted by Gasteiger charge is -2.24. The smallest absolute Gasteiger partial charge is 0.240 e. The first-order valence-electron chi connectivity index (χ1n) is 11.4. The van der Waals surface area contributed by atoms with Crippen molar-refractivity contribution in [2.45, 2.75) is 55.9 Å². The van der Waals surface area contributed by atoms with Crippen molar-refractivity contribution in [1.29, 1.82) is 5.26 Å². The number of sulfonamides is 1. The quantitative estimate of drug-likeness (QED) is 0.676. The molecule has 1 unspecified atom stereocenters. The molecule has 2 aromatic rings. The second-order valence-electron chi connectivity index (χ2n) is 9.00. The highest BCUT2D eigenvalue weighted by atomic mass is 32.2. The van der Waals surface area contributed by atoms with Gasteiger partial charge in [0.15, 0.2) is 0 Å². The number of pyridine rings is 1. The van der Waals surface area contributed by atoms with Crippen LogP contribution in [0.2, 0.25) is 0 Å². The van der Waals surface area contributed by atoms with Crippen molar-refractivity contribution in [2.24, 2.45) is 5.92 Å². The lowest BCUT2D eigenvalue weighted by atomic mass is 9.88. The van der Waals surface area contributed by atoms with Gasteiger partial charge in [-0.15, -0.1) is 0 Å². The highest BCUT2D eigenvalue weighted by Gasteiger charge is 2.30. The molecule has 168 valence electrons. The predicted molar refractivity (Wildman–Crippen MR) is 126 cm³/mol. The third-order valence-electron chi connectivity index (χ3n) is 6.55. The largest absolute Gasteiger partial charge is 0.299 e. The number of rotatable bonds is 7. The maximum atomic E-state index is 12.7. The fourth-order valence-electron chi connectivity index (χ4n) is 4.56. The van der Waals surface area contributed by atoms with E-state index in [2.05, 4.69) is 29.0 Å². The summed E-state index contributed by atoms with van der Waals surface area (Å²) in [6, 6.07) is 9.81. The van der Waals surface area contributed by atoms with E-state index >= 15 is 0 Å². The molecule has 1 saturated carbocycles. The Kier molecular flexibility index (Phi) is 5.73. The van der Waals surface area contributed by atoms with Crippen molar-refractivity contribution < 1.29 is 13.2 Å². The number of fused-ring (bicyclic) bond motifs is 1. The standard InChI is InChI=1S/C26H25N3O3S/c27-16-17-4-12-22(13-5-17)33(31,32)29-20-10-8-18(9-11-20)24-14-21(15-26(30)19-6-7-19)28-25-3-1-2-23(24)25/h1-2,4-5,8,12-14,19-20,29H,3,6-7,9-11,15H2. The third-order valence-corrected chi connectivity index (χ3v) is 8.08. The molecule has 3 aliphatic rings. The SMILES string of the molecule is N#Cc1ccc(S(=O)(=O)NC2CC=C(c3cc(CC(=O)C4CC4)nc4c3C=CC4)CC2)cc1. The molecule has 0 aliphatic heterocycles. The number of hydrogen-bond donors (Lipinski definition) is 1. The second-order valence-corrected chi connectivity index (χ2v) is 10.7. The molecule has 1 heterocycles. The minimum atomic E-state index is -3.65. The first kappa shape index (κ1) is 21.7. The molecule has 0 saturated heterocycles. The van der Waals surface area contributed by atoms with Crippen molar-refractivity contribution in [3.63, 3.8) is 0 Å². The maximum Gasteiger partial charge on any atom is 0.240 e. The van der Waals surface area contributed by atoms with Gasteiger partial charge < -0.3 is 0 Å². The summed E-state index contributed by atoms with van der Waals surface area (Å²) in [6.45, 7) is 0. The van der Waals surface area contributed by atoms with Crippen LogP contribution in [0.4, 0.5) is 0 Å². The molecular formula is C26H25N3O3S. The number of hydrogen-bond acceptors (Lipinski definition) is 5. The Labute approximate surface area is 194 Å². The highest BCUT2D eigenvalue weighted by Crippen LogP contribution is 2.35. The average molecular weight is 460 g/mol. The van der Waals surface area contributed by atoms with Gasteiger partial charge in [0.1, 0.15) is 5.78 Å². The van der Waals surface area contributed by atoms with Crippen LogP contribution in [-0.2, 0) is 27.7 Å². The molecule has 1 atom stereocenters. The van der Waals surface area contributed by atoms with E-state index in [0.717, 1.165) is 48.2 Å². The van der Waals surface area contributed by atoms with E-state index in [9.17, 15) is 13.2 Å². The fourth-order valence-corrected chi connectivity index (χ4v) is 5.85. The minimum absolute atomic E-state index is 0.165. The summed E-state index contributed by atoms with van der Waals surface area (Å²) in [7, 11) is -3.65. The zero-order chi connectivity index (χ0) is 23.0. The van der Waals surface area contributed by atoms with Crippen LogP contribution in [0.15, 0.2) is 47.4 Å². The lowest BCUT2D eigenvalue weighted by Crippen LogP contribution is -2.35. The fraction of sp³-hybridized carbons (Fsp3) is 0.346. The summed E-state index contributed by atoms with van der Waals surface area (Å²) in [5.74, 6) is 0.509. The molecular weight excluding hydrogens is 434 g/mol. The molecule has 3 aliphatic carbocycles. The first-order valence-corrected chi connectivity index (χ1v) is 12.9. The lowest BCUT2D eigenvalue weighted by molar-refractivity contribution is -0.119. The average Bonchev–Trinajstić information content (AvgIpc) is 3.57. The molecule has 0 radical (unpaired) electrons. The Balaban J connectivity index is 1.32. The molecule has 33 heavy (non-hydrogen) atoms. The van der Waals surface area contributed by atoms with Crippen molar-refractivity contribution in [3.8, 4) is 6.07 Å². The summed E-state index contributed by atoms with van der Waals surface area (Å²) in [4.78, 5) is 17.3. The Hall–Kier alpha value is -3.08. The van der Waals surface area contributed by atoms with Gasteiger partial charge in [0, 0.05) is 36.1 Å². The number of carbonyl (C=O) groups is 1. The summed E-state index contributed by atoms with van der Waals surface area (Å²) in [5.41, 5.74) is 5.73. The topological polar surface area (TPSA) is 99.9 Å². The molecule has 0 amide bonds. The van der Waals surface area contributed by atoms with Gasteiger partial charge in [-0.05, 0) is 73.6 Å². The maximum absolute atomic E-state index is 12.7. The second kappa shape index (κ2) is 8.69. The van der Waals surface area contributed by atoms with Gasteiger partial charge in [-0.2, -0.15) is 5.26 Å². The third kappa shape index (κ3) is 4.68. The van der Waals surface area contributed by atoms with E-state index in [1.54, 1.807) is 0 Å². The van der Waals surface area contributed by atoms with Gasteiger partial charge in [0.25, 0.3) is 0 Å². The van der Waals surface area contributed by atoms with E-state index in [1.807, 2.05) is 6.07 Å². The zero-order valence-corrected chi connectivity index (χ0v) is 19.1. The van der Waals surface area contributed by atoms with E-state index < -0.39 is 10.0 Å². The number of nitriles is 1. The Morgan fingerprint density at radius 3 is 2.64 bits per heavy atom. The summed E-state index contributed by atoms with van der Waals surface area (Å²) in [5, 5.41) is 8.91. The van der Waals surface area contributed by atoms with Crippen LogP contribution in [0.1, 0.15) is 60.2 Å². The van der Waals surface area contributed by atoms with Crippen LogP contribution in [0.25, 0.3) is 11.6 Å². The summed E-state index contributed by atoms with van der Waals surface area (Å²) < 4.78 is 28.3. The molecule has 1 fully saturated rings. The van der Waals surface area contributed by atoms with E-state index in [4.69, 9.17) is 10.2 Å². The molecule has 1 aromatic heterocycles. The summed E-state index contributed by atoms with van der Waals surface area (Å²) >= 11 is 0. The number of nitrogens with zero attached hydrogens (tertiary/aromatic N) is 2. The summed E-state index contributed by atoms with van der Waals surface area (Å²) in [6.07, 6.45) is 11.5. The normalized spacial score (nSPS) is 19.6. The molecule has 6 nitrogen and oxygen atoms in total.